The lowest BCUT2D eigenvalue weighted by Crippen LogP contribution is -1.83. The maximum absolute atomic E-state index is 10.0. The summed E-state index contributed by atoms with van der Waals surface area (Å²) in [6.45, 7) is 3.10. The molecule has 0 atom stereocenters. The first kappa shape index (κ1) is 8.69. The Kier molecular flexibility index (Phi) is 2.91. The average Bonchev–Trinajstić information content (AvgIpc) is 1.62. The molecule has 4 nitrogen and oxygen atoms in total. The molecule has 0 unspecified atom stereocenters. The summed E-state index contributed by atoms with van der Waals surface area (Å²) in [6.07, 6.45) is 1.47. The standard InChI is InChI=1S/C4H9O4P/c1-3-4(2)8-9(5,6)7/h3H,1-2H3,(H2,5,6,7). The van der Waals surface area contributed by atoms with E-state index in [-0.39, 0.29) is 5.76 Å². The Morgan fingerprint density at radius 2 is 2.11 bits per heavy atom. The second-order valence-electron chi connectivity index (χ2n) is 1.48. The zero-order valence-electron chi connectivity index (χ0n) is 5.24. The SMILES string of the molecule is CC=C(C)OP(=O)(O)O. The van der Waals surface area contributed by atoms with E-state index in [4.69, 9.17) is 9.79 Å². The molecule has 0 spiro atoms. The molecular formula is C4H9O4P. The van der Waals surface area contributed by atoms with E-state index in [1.54, 1.807) is 6.92 Å². The lowest BCUT2D eigenvalue weighted by atomic mass is 10.5. The Bertz CT molecular complexity index is 156. The second kappa shape index (κ2) is 3.01. The van der Waals surface area contributed by atoms with Gasteiger partial charge in [-0.05, 0) is 19.9 Å². The maximum atomic E-state index is 10.0. The minimum Gasteiger partial charge on any atom is -0.409 e. The summed E-state index contributed by atoms with van der Waals surface area (Å²) < 4.78 is 14.1. The first-order valence-corrected chi connectivity index (χ1v) is 3.87. The monoisotopic (exact) mass is 152 g/mol. The summed E-state index contributed by atoms with van der Waals surface area (Å²) in [5.74, 6) is 0.225. The summed E-state index contributed by atoms with van der Waals surface area (Å²) in [5.41, 5.74) is 0. The van der Waals surface area contributed by atoms with Crippen LogP contribution in [0.2, 0.25) is 0 Å². The molecule has 0 aliphatic heterocycles. The van der Waals surface area contributed by atoms with Crippen LogP contribution < -0.4 is 0 Å². The summed E-state index contributed by atoms with van der Waals surface area (Å²) in [4.78, 5) is 16.3. The molecule has 0 aliphatic carbocycles. The molecule has 9 heavy (non-hydrogen) atoms. The van der Waals surface area contributed by atoms with Gasteiger partial charge in [-0.25, -0.2) is 4.57 Å². The van der Waals surface area contributed by atoms with Crippen molar-refractivity contribution in [3.8, 4) is 0 Å². The highest BCUT2D eigenvalue weighted by Gasteiger charge is 2.13. The molecule has 0 heterocycles. The van der Waals surface area contributed by atoms with E-state index in [1.807, 2.05) is 0 Å². The van der Waals surface area contributed by atoms with Crippen molar-refractivity contribution < 1.29 is 18.9 Å². The van der Waals surface area contributed by atoms with Gasteiger partial charge in [0.05, 0.1) is 0 Å². The van der Waals surface area contributed by atoms with E-state index < -0.39 is 7.82 Å². The zero-order chi connectivity index (χ0) is 7.49. The highest BCUT2D eigenvalue weighted by molar-refractivity contribution is 7.46. The van der Waals surface area contributed by atoms with E-state index in [2.05, 4.69) is 4.52 Å². The fraction of sp³-hybridized carbons (Fsp3) is 0.500. The topological polar surface area (TPSA) is 66.8 Å². The van der Waals surface area contributed by atoms with Crippen molar-refractivity contribution in [3.05, 3.63) is 11.8 Å². The van der Waals surface area contributed by atoms with Gasteiger partial charge < -0.3 is 4.52 Å². The molecule has 5 heteroatoms. The van der Waals surface area contributed by atoms with Crippen molar-refractivity contribution in [2.24, 2.45) is 0 Å². The molecule has 0 aromatic carbocycles. The van der Waals surface area contributed by atoms with Gasteiger partial charge in [-0.1, -0.05) is 0 Å². The van der Waals surface area contributed by atoms with Gasteiger partial charge in [0.15, 0.2) is 0 Å². The van der Waals surface area contributed by atoms with Crippen molar-refractivity contribution in [3.63, 3.8) is 0 Å². The van der Waals surface area contributed by atoms with E-state index in [1.165, 1.54) is 13.0 Å². The average molecular weight is 152 g/mol. The predicted molar refractivity (Wildman–Crippen MR) is 32.6 cm³/mol. The Morgan fingerprint density at radius 1 is 1.67 bits per heavy atom. The van der Waals surface area contributed by atoms with Crippen LogP contribution in [-0.2, 0) is 9.09 Å². The largest absolute Gasteiger partial charge is 0.524 e. The van der Waals surface area contributed by atoms with Crippen molar-refractivity contribution in [1.29, 1.82) is 0 Å². The molecule has 0 saturated carbocycles. The number of phosphoric acid groups is 1. The van der Waals surface area contributed by atoms with Gasteiger partial charge in [-0.15, -0.1) is 0 Å². The van der Waals surface area contributed by atoms with Gasteiger partial charge in [0.2, 0.25) is 0 Å². The summed E-state index contributed by atoms with van der Waals surface area (Å²) in [6, 6.07) is 0. The van der Waals surface area contributed by atoms with E-state index in [0.29, 0.717) is 0 Å². The Hall–Kier alpha value is -0.310. The molecule has 0 fully saturated rings. The number of hydrogen-bond acceptors (Lipinski definition) is 2. The van der Waals surface area contributed by atoms with Crippen molar-refractivity contribution >= 4 is 7.82 Å². The molecule has 0 amide bonds. The van der Waals surface area contributed by atoms with Crippen LogP contribution in [0.3, 0.4) is 0 Å². The van der Waals surface area contributed by atoms with Crippen LogP contribution in [0.1, 0.15) is 13.8 Å². The number of rotatable bonds is 2. The van der Waals surface area contributed by atoms with Crippen LogP contribution in [0.4, 0.5) is 0 Å². The predicted octanol–water partition coefficient (Wildman–Crippen LogP) is 1.02. The first-order chi connectivity index (χ1) is 3.95. The molecule has 2 N–H and O–H groups in total. The third-order valence-electron chi connectivity index (χ3n) is 0.669. The molecule has 54 valence electrons. The normalized spacial score (nSPS) is 13.6. The molecule has 0 rings (SSSR count). The van der Waals surface area contributed by atoms with Crippen molar-refractivity contribution in [2.45, 2.75) is 13.8 Å². The Balaban J connectivity index is 3.90. The molecule has 0 aromatic rings. The second-order valence-corrected chi connectivity index (χ2v) is 2.64. The summed E-state index contributed by atoms with van der Waals surface area (Å²) in [5, 5.41) is 0. The fourth-order valence-corrected chi connectivity index (χ4v) is 0.721. The Labute approximate surface area is 53.4 Å². The third-order valence-corrected chi connectivity index (χ3v) is 1.20. The van der Waals surface area contributed by atoms with Gasteiger partial charge >= 0.3 is 7.82 Å². The minimum atomic E-state index is -4.31. The van der Waals surface area contributed by atoms with E-state index in [0.717, 1.165) is 0 Å². The van der Waals surface area contributed by atoms with Crippen LogP contribution in [0, 0.1) is 0 Å². The van der Waals surface area contributed by atoms with Crippen LogP contribution in [0.25, 0.3) is 0 Å². The summed E-state index contributed by atoms with van der Waals surface area (Å²) >= 11 is 0. The lowest BCUT2D eigenvalue weighted by molar-refractivity contribution is 0.242. The zero-order valence-corrected chi connectivity index (χ0v) is 6.13. The third kappa shape index (κ3) is 5.56. The van der Waals surface area contributed by atoms with Gasteiger partial charge in [-0.3, -0.25) is 9.79 Å². The van der Waals surface area contributed by atoms with Gasteiger partial charge in [0, 0.05) is 0 Å². The molecule has 0 radical (unpaired) electrons. The van der Waals surface area contributed by atoms with Crippen LogP contribution >= 0.6 is 7.82 Å². The van der Waals surface area contributed by atoms with Crippen molar-refractivity contribution in [1.82, 2.24) is 0 Å². The molecule has 0 bridgehead atoms. The molecule has 0 saturated heterocycles. The van der Waals surface area contributed by atoms with Crippen LogP contribution in [0.5, 0.6) is 0 Å². The molecule has 0 aromatic heterocycles. The smallest absolute Gasteiger partial charge is 0.409 e. The highest BCUT2D eigenvalue weighted by atomic mass is 31.2. The molecular weight excluding hydrogens is 143 g/mol. The summed E-state index contributed by atoms with van der Waals surface area (Å²) in [7, 11) is -4.31. The van der Waals surface area contributed by atoms with Crippen LogP contribution in [0.15, 0.2) is 11.8 Å². The number of hydrogen-bond donors (Lipinski definition) is 2. The Morgan fingerprint density at radius 3 is 2.22 bits per heavy atom. The minimum absolute atomic E-state index is 0.225. The first-order valence-electron chi connectivity index (χ1n) is 2.34. The lowest BCUT2D eigenvalue weighted by Gasteiger charge is -2.04. The highest BCUT2D eigenvalue weighted by Crippen LogP contribution is 2.38. The van der Waals surface area contributed by atoms with Gasteiger partial charge in [-0.2, -0.15) is 0 Å². The van der Waals surface area contributed by atoms with Gasteiger partial charge in [0.25, 0.3) is 0 Å². The maximum Gasteiger partial charge on any atom is 0.524 e. The van der Waals surface area contributed by atoms with Crippen molar-refractivity contribution in [2.75, 3.05) is 0 Å². The van der Waals surface area contributed by atoms with E-state index in [9.17, 15) is 4.57 Å². The quantitative estimate of drug-likeness (QED) is 0.458. The number of phosphoric ester groups is 1. The van der Waals surface area contributed by atoms with Gasteiger partial charge in [0.1, 0.15) is 5.76 Å². The van der Waals surface area contributed by atoms with E-state index >= 15 is 0 Å². The number of allylic oxidation sites excluding steroid dienone is 2. The fourth-order valence-electron chi connectivity index (χ4n) is 0.240. The van der Waals surface area contributed by atoms with Crippen LogP contribution in [-0.4, -0.2) is 9.79 Å². The molecule has 0 aliphatic rings.